The molecule has 1 aliphatic rings. The van der Waals surface area contributed by atoms with E-state index in [9.17, 15) is 4.79 Å². The fourth-order valence-electron chi connectivity index (χ4n) is 2.96. The number of amides is 2. The minimum absolute atomic E-state index is 0.146. The van der Waals surface area contributed by atoms with Gasteiger partial charge in [-0.25, -0.2) is 9.78 Å². The van der Waals surface area contributed by atoms with Crippen LogP contribution in [0.5, 0.6) is 0 Å². The Morgan fingerprint density at radius 3 is 2.71 bits per heavy atom. The van der Waals surface area contributed by atoms with Crippen LogP contribution in [0.25, 0.3) is 0 Å². The summed E-state index contributed by atoms with van der Waals surface area (Å²) in [6.07, 6.45) is 4.85. The van der Waals surface area contributed by atoms with Gasteiger partial charge in [-0.05, 0) is 31.7 Å². The quantitative estimate of drug-likeness (QED) is 0.875. The highest BCUT2D eigenvalue weighted by atomic mass is 32.1. The fourth-order valence-corrected chi connectivity index (χ4v) is 3.62. The lowest BCUT2D eigenvalue weighted by Crippen LogP contribution is -2.46. The molecule has 0 radical (unpaired) electrons. The SMILES string of the molecule is Cc1cnc(NC(=O)NC2CCN(CCc3ccccc3)CC2)s1. The molecule has 2 aromatic rings. The molecule has 0 atom stereocenters. The van der Waals surface area contributed by atoms with Crippen molar-refractivity contribution in [3.8, 4) is 0 Å². The van der Waals surface area contributed by atoms with Gasteiger partial charge in [0, 0.05) is 36.8 Å². The van der Waals surface area contributed by atoms with Gasteiger partial charge in [-0.3, -0.25) is 5.32 Å². The number of thiazole rings is 1. The Labute approximate surface area is 147 Å². The number of urea groups is 1. The third kappa shape index (κ3) is 5.04. The van der Waals surface area contributed by atoms with Gasteiger partial charge >= 0.3 is 6.03 Å². The second-order valence-electron chi connectivity index (χ2n) is 6.23. The first kappa shape index (κ1) is 16.9. The molecule has 128 valence electrons. The molecule has 1 fully saturated rings. The molecule has 6 heteroatoms. The van der Waals surface area contributed by atoms with Crippen LogP contribution in [0.3, 0.4) is 0 Å². The Hall–Kier alpha value is -1.92. The van der Waals surface area contributed by atoms with Crippen molar-refractivity contribution >= 4 is 22.5 Å². The Bertz CT molecular complexity index is 650. The van der Waals surface area contributed by atoms with Crippen LogP contribution in [0.4, 0.5) is 9.93 Å². The molecular weight excluding hydrogens is 320 g/mol. The van der Waals surface area contributed by atoms with Crippen molar-refractivity contribution in [2.24, 2.45) is 0 Å². The number of rotatable bonds is 5. The average Bonchev–Trinajstić information content (AvgIpc) is 3.00. The highest BCUT2D eigenvalue weighted by Crippen LogP contribution is 2.17. The number of nitrogens with one attached hydrogen (secondary N) is 2. The zero-order valence-electron chi connectivity index (χ0n) is 14.0. The van der Waals surface area contributed by atoms with E-state index in [1.807, 2.05) is 6.92 Å². The summed E-state index contributed by atoms with van der Waals surface area (Å²) in [5, 5.41) is 6.53. The van der Waals surface area contributed by atoms with Crippen LogP contribution in [-0.4, -0.2) is 41.6 Å². The second kappa shape index (κ2) is 8.26. The number of aromatic nitrogens is 1. The molecule has 1 aromatic heterocycles. The molecule has 0 aliphatic carbocycles. The smallest absolute Gasteiger partial charge is 0.321 e. The number of nitrogens with zero attached hydrogens (tertiary/aromatic N) is 2. The van der Waals surface area contributed by atoms with Crippen LogP contribution in [0, 0.1) is 6.92 Å². The van der Waals surface area contributed by atoms with Crippen molar-refractivity contribution in [3.05, 3.63) is 47.0 Å². The normalized spacial score (nSPS) is 16.0. The number of carbonyl (C=O) groups is 1. The number of likely N-dealkylation sites (tertiary alicyclic amines) is 1. The Morgan fingerprint density at radius 2 is 2.04 bits per heavy atom. The summed E-state index contributed by atoms with van der Waals surface area (Å²) < 4.78 is 0. The molecule has 1 aromatic carbocycles. The van der Waals surface area contributed by atoms with Crippen molar-refractivity contribution < 1.29 is 4.79 Å². The van der Waals surface area contributed by atoms with Gasteiger partial charge in [0.15, 0.2) is 5.13 Å². The van der Waals surface area contributed by atoms with Crippen LogP contribution in [0.2, 0.25) is 0 Å². The molecule has 2 amide bonds. The molecule has 0 saturated carbocycles. The van der Waals surface area contributed by atoms with Crippen molar-refractivity contribution in [2.45, 2.75) is 32.2 Å². The zero-order valence-corrected chi connectivity index (χ0v) is 14.8. The first-order valence-electron chi connectivity index (χ1n) is 8.45. The Kier molecular flexibility index (Phi) is 5.82. The summed E-state index contributed by atoms with van der Waals surface area (Å²) in [5.74, 6) is 0. The summed E-state index contributed by atoms with van der Waals surface area (Å²) in [7, 11) is 0. The van der Waals surface area contributed by atoms with Gasteiger partial charge in [-0.15, -0.1) is 11.3 Å². The lowest BCUT2D eigenvalue weighted by molar-refractivity contribution is 0.197. The van der Waals surface area contributed by atoms with E-state index in [4.69, 9.17) is 0 Å². The van der Waals surface area contributed by atoms with Crippen molar-refractivity contribution in [3.63, 3.8) is 0 Å². The first-order valence-corrected chi connectivity index (χ1v) is 9.27. The maximum atomic E-state index is 12.0. The molecule has 24 heavy (non-hydrogen) atoms. The fraction of sp³-hybridized carbons (Fsp3) is 0.444. The lowest BCUT2D eigenvalue weighted by atomic mass is 10.0. The van der Waals surface area contributed by atoms with Gasteiger partial charge in [0.1, 0.15) is 0 Å². The van der Waals surface area contributed by atoms with Gasteiger partial charge in [0.25, 0.3) is 0 Å². The third-order valence-corrected chi connectivity index (χ3v) is 5.15. The number of hydrogen-bond acceptors (Lipinski definition) is 4. The number of anilines is 1. The standard InChI is InChI=1S/C18H24N4OS/c1-14-13-19-18(24-14)21-17(23)20-16-8-11-22(12-9-16)10-7-15-5-3-2-4-6-15/h2-6,13,16H,7-12H2,1H3,(H2,19,20,21,23). The van der Waals surface area contributed by atoms with Crippen molar-refractivity contribution in [1.29, 1.82) is 0 Å². The molecule has 1 saturated heterocycles. The number of carbonyl (C=O) groups excluding carboxylic acids is 1. The maximum Gasteiger partial charge on any atom is 0.321 e. The van der Waals surface area contributed by atoms with Gasteiger partial charge in [0.2, 0.25) is 0 Å². The van der Waals surface area contributed by atoms with E-state index >= 15 is 0 Å². The molecule has 2 N–H and O–H groups in total. The topological polar surface area (TPSA) is 57.3 Å². The predicted octanol–water partition coefficient (Wildman–Crippen LogP) is 3.28. The van der Waals surface area contributed by atoms with Gasteiger partial charge in [0.05, 0.1) is 0 Å². The molecule has 0 spiro atoms. The number of piperidine rings is 1. The van der Waals surface area contributed by atoms with Gasteiger partial charge in [-0.1, -0.05) is 30.3 Å². The first-order chi connectivity index (χ1) is 11.7. The molecule has 1 aliphatic heterocycles. The minimum Gasteiger partial charge on any atom is -0.335 e. The summed E-state index contributed by atoms with van der Waals surface area (Å²) in [6, 6.07) is 10.7. The average molecular weight is 344 g/mol. The molecule has 0 bridgehead atoms. The van der Waals surface area contributed by atoms with Crippen LogP contribution in [0.1, 0.15) is 23.3 Å². The number of benzene rings is 1. The zero-order chi connectivity index (χ0) is 16.8. The largest absolute Gasteiger partial charge is 0.335 e. The van der Waals surface area contributed by atoms with Gasteiger partial charge < -0.3 is 10.2 Å². The predicted molar refractivity (Wildman–Crippen MR) is 98.6 cm³/mol. The second-order valence-corrected chi connectivity index (χ2v) is 7.46. The van der Waals surface area contributed by atoms with Crippen molar-refractivity contribution in [2.75, 3.05) is 25.0 Å². The highest BCUT2D eigenvalue weighted by molar-refractivity contribution is 7.15. The van der Waals surface area contributed by atoms with E-state index in [0.717, 1.165) is 43.8 Å². The minimum atomic E-state index is -0.146. The van der Waals surface area contributed by atoms with Gasteiger partial charge in [-0.2, -0.15) is 0 Å². The van der Waals surface area contributed by atoms with E-state index < -0.39 is 0 Å². The molecular formula is C18H24N4OS. The molecule has 5 nitrogen and oxygen atoms in total. The van der Waals surface area contributed by atoms with E-state index in [-0.39, 0.29) is 12.1 Å². The summed E-state index contributed by atoms with van der Waals surface area (Å²) in [4.78, 5) is 19.7. The van der Waals surface area contributed by atoms with Crippen LogP contribution in [0.15, 0.2) is 36.5 Å². The van der Waals surface area contributed by atoms with Crippen LogP contribution < -0.4 is 10.6 Å². The molecule has 2 heterocycles. The summed E-state index contributed by atoms with van der Waals surface area (Å²) >= 11 is 1.49. The lowest BCUT2D eigenvalue weighted by Gasteiger charge is -2.32. The summed E-state index contributed by atoms with van der Waals surface area (Å²) in [6.45, 7) is 5.13. The van der Waals surface area contributed by atoms with E-state index in [2.05, 4.69) is 50.8 Å². The molecule has 0 unspecified atom stereocenters. The van der Waals surface area contributed by atoms with Crippen LogP contribution in [-0.2, 0) is 6.42 Å². The monoisotopic (exact) mass is 344 g/mol. The molecule has 3 rings (SSSR count). The van der Waals surface area contributed by atoms with Crippen LogP contribution >= 0.6 is 11.3 Å². The van der Waals surface area contributed by atoms with E-state index in [1.54, 1.807) is 6.20 Å². The maximum absolute atomic E-state index is 12.0. The van der Waals surface area contributed by atoms with E-state index in [1.165, 1.54) is 16.9 Å². The van der Waals surface area contributed by atoms with Crippen molar-refractivity contribution in [1.82, 2.24) is 15.2 Å². The Morgan fingerprint density at radius 1 is 1.29 bits per heavy atom. The third-order valence-electron chi connectivity index (χ3n) is 4.32. The summed E-state index contributed by atoms with van der Waals surface area (Å²) in [5.41, 5.74) is 1.39. The Balaban J connectivity index is 1.36. The highest BCUT2D eigenvalue weighted by Gasteiger charge is 2.20. The number of aryl methyl sites for hydroxylation is 1. The van der Waals surface area contributed by atoms with E-state index in [0.29, 0.717) is 5.13 Å². The number of hydrogen-bond donors (Lipinski definition) is 2.